The third-order valence-corrected chi connectivity index (χ3v) is 6.76. The Bertz CT molecular complexity index is 1200. The number of anilines is 1. The molecule has 0 saturated carbocycles. The predicted octanol–water partition coefficient (Wildman–Crippen LogP) is 4.32. The predicted molar refractivity (Wildman–Crippen MR) is 137 cm³/mol. The molecule has 6 nitrogen and oxygen atoms in total. The highest BCUT2D eigenvalue weighted by atomic mass is 16.5. The lowest BCUT2D eigenvalue weighted by molar-refractivity contribution is -0.121. The highest BCUT2D eigenvalue weighted by molar-refractivity contribution is 5.98. The zero-order valence-corrected chi connectivity index (χ0v) is 20.1. The van der Waals surface area contributed by atoms with Gasteiger partial charge in [0, 0.05) is 31.2 Å². The molecule has 1 N–H and O–H groups in total. The summed E-state index contributed by atoms with van der Waals surface area (Å²) in [4.78, 5) is 29.8. The molecule has 2 amide bonds. The fourth-order valence-electron chi connectivity index (χ4n) is 4.82. The standard InChI is InChI=1S/C29H31N3O3/c1-21-10-11-26-27(16-21)35-20-28(33)32(26)19-23-8-5-9-24(17-23)29(34)30-25-12-14-31(15-13-25)18-22-6-3-2-4-7-22/h2-11,16-17,25H,12-15,18-20H2,1H3,(H,30,34). The van der Waals surface area contributed by atoms with E-state index >= 15 is 0 Å². The van der Waals surface area contributed by atoms with Crippen LogP contribution < -0.4 is 15.0 Å². The van der Waals surface area contributed by atoms with Gasteiger partial charge in [0.15, 0.2) is 6.61 Å². The number of likely N-dealkylation sites (tertiary alicyclic amines) is 1. The lowest BCUT2D eigenvalue weighted by atomic mass is 10.0. The van der Waals surface area contributed by atoms with Gasteiger partial charge < -0.3 is 15.0 Å². The van der Waals surface area contributed by atoms with Crippen LogP contribution in [-0.4, -0.2) is 42.5 Å². The molecule has 0 radical (unpaired) electrons. The van der Waals surface area contributed by atoms with Crippen molar-refractivity contribution in [3.63, 3.8) is 0 Å². The summed E-state index contributed by atoms with van der Waals surface area (Å²) >= 11 is 0. The van der Waals surface area contributed by atoms with Crippen LogP contribution in [0.15, 0.2) is 72.8 Å². The molecule has 35 heavy (non-hydrogen) atoms. The van der Waals surface area contributed by atoms with Crippen LogP contribution in [0.5, 0.6) is 5.75 Å². The van der Waals surface area contributed by atoms with E-state index in [-0.39, 0.29) is 24.5 Å². The van der Waals surface area contributed by atoms with Gasteiger partial charge in [-0.15, -0.1) is 0 Å². The number of carbonyl (C=O) groups is 2. The van der Waals surface area contributed by atoms with E-state index in [4.69, 9.17) is 4.74 Å². The Kier molecular flexibility index (Phi) is 6.82. The van der Waals surface area contributed by atoms with Crippen molar-refractivity contribution in [1.29, 1.82) is 0 Å². The molecule has 6 heteroatoms. The molecule has 0 aromatic heterocycles. The van der Waals surface area contributed by atoms with Gasteiger partial charge in [-0.05, 0) is 60.7 Å². The first-order valence-corrected chi connectivity index (χ1v) is 12.2. The maximum absolute atomic E-state index is 13.0. The lowest BCUT2D eigenvalue weighted by Crippen LogP contribution is -2.44. The lowest BCUT2D eigenvalue weighted by Gasteiger charge is -2.32. The minimum Gasteiger partial charge on any atom is -0.482 e. The number of aryl methyl sites for hydroxylation is 1. The highest BCUT2D eigenvalue weighted by Gasteiger charge is 2.26. The van der Waals surface area contributed by atoms with Gasteiger partial charge in [0.1, 0.15) is 5.75 Å². The molecule has 0 spiro atoms. The molecule has 0 atom stereocenters. The zero-order chi connectivity index (χ0) is 24.2. The molecule has 5 rings (SSSR count). The van der Waals surface area contributed by atoms with Gasteiger partial charge in [0.25, 0.3) is 11.8 Å². The van der Waals surface area contributed by atoms with Crippen molar-refractivity contribution in [3.05, 3.63) is 95.1 Å². The number of ether oxygens (including phenoxy) is 1. The number of nitrogens with zero attached hydrogens (tertiary/aromatic N) is 2. The Balaban J connectivity index is 1.19. The van der Waals surface area contributed by atoms with Gasteiger partial charge in [-0.25, -0.2) is 0 Å². The van der Waals surface area contributed by atoms with Crippen LogP contribution in [0.3, 0.4) is 0 Å². The van der Waals surface area contributed by atoms with Crippen molar-refractivity contribution in [2.45, 2.75) is 38.9 Å². The highest BCUT2D eigenvalue weighted by Crippen LogP contribution is 2.33. The second-order valence-electron chi connectivity index (χ2n) is 9.45. The molecule has 2 aliphatic rings. The summed E-state index contributed by atoms with van der Waals surface area (Å²) in [5, 5.41) is 3.21. The largest absolute Gasteiger partial charge is 0.482 e. The Morgan fingerprint density at radius 1 is 0.943 bits per heavy atom. The number of hydrogen-bond acceptors (Lipinski definition) is 4. The number of rotatable bonds is 6. The Morgan fingerprint density at radius 2 is 1.71 bits per heavy atom. The summed E-state index contributed by atoms with van der Waals surface area (Å²) in [5.41, 5.74) is 4.71. The number of fused-ring (bicyclic) bond motifs is 1. The topological polar surface area (TPSA) is 61.9 Å². The van der Waals surface area contributed by atoms with E-state index in [9.17, 15) is 9.59 Å². The number of nitrogens with one attached hydrogen (secondary N) is 1. The van der Waals surface area contributed by atoms with Gasteiger partial charge in [-0.3, -0.25) is 14.5 Å². The van der Waals surface area contributed by atoms with E-state index in [1.807, 2.05) is 55.5 Å². The molecular weight excluding hydrogens is 438 g/mol. The average Bonchev–Trinajstić information content (AvgIpc) is 2.88. The maximum Gasteiger partial charge on any atom is 0.265 e. The van der Waals surface area contributed by atoms with Crippen LogP contribution in [0.2, 0.25) is 0 Å². The van der Waals surface area contributed by atoms with Crippen molar-refractivity contribution in [2.75, 3.05) is 24.6 Å². The molecule has 1 saturated heterocycles. The molecule has 3 aromatic carbocycles. The second-order valence-corrected chi connectivity index (χ2v) is 9.45. The molecular formula is C29H31N3O3. The van der Waals surface area contributed by atoms with Crippen LogP contribution in [0.4, 0.5) is 5.69 Å². The first-order chi connectivity index (χ1) is 17.0. The SMILES string of the molecule is Cc1ccc2c(c1)OCC(=O)N2Cc1cccc(C(=O)NC2CCN(Cc3ccccc3)CC2)c1. The molecule has 0 unspecified atom stereocenters. The minimum absolute atomic E-state index is 0.0274. The number of carbonyl (C=O) groups excluding carboxylic acids is 2. The first kappa shape index (κ1) is 23.1. The van der Waals surface area contributed by atoms with Crippen LogP contribution in [-0.2, 0) is 17.9 Å². The zero-order valence-electron chi connectivity index (χ0n) is 20.1. The summed E-state index contributed by atoms with van der Waals surface area (Å²) in [6, 6.07) is 24.1. The van der Waals surface area contributed by atoms with Crippen molar-refractivity contribution in [2.24, 2.45) is 0 Å². The summed E-state index contributed by atoms with van der Waals surface area (Å²) in [7, 11) is 0. The Labute approximate surface area is 206 Å². The van der Waals surface area contributed by atoms with Crippen LogP contribution >= 0.6 is 0 Å². The number of hydrogen-bond donors (Lipinski definition) is 1. The van der Waals surface area contributed by atoms with Gasteiger partial charge in [-0.1, -0.05) is 48.5 Å². The Hall–Kier alpha value is -3.64. The third kappa shape index (κ3) is 5.54. The fraction of sp³-hybridized carbons (Fsp3) is 0.310. The van der Waals surface area contributed by atoms with Crippen LogP contribution in [0, 0.1) is 6.92 Å². The average molecular weight is 470 g/mol. The van der Waals surface area contributed by atoms with E-state index in [2.05, 4.69) is 34.5 Å². The molecule has 3 aromatic rings. The maximum atomic E-state index is 13.0. The summed E-state index contributed by atoms with van der Waals surface area (Å²) in [6.07, 6.45) is 1.88. The van der Waals surface area contributed by atoms with E-state index in [0.717, 1.165) is 55.0 Å². The second kappa shape index (κ2) is 10.3. The van der Waals surface area contributed by atoms with Crippen molar-refractivity contribution in [3.8, 4) is 5.75 Å². The fourth-order valence-corrected chi connectivity index (χ4v) is 4.82. The van der Waals surface area contributed by atoms with Gasteiger partial charge in [0.2, 0.25) is 0 Å². The van der Waals surface area contributed by atoms with E-state index in [0.29, 0.717) is 12.1 Å². The molecule has 1 fully saturated rings. The van der Waals surface area contributed by atoms with E-state index in [1.165, 1.54) is 5.56 Å². The van der Waals surface area contributed by atoms with E-state index in [1.54, 1.807) is 4.90 Å². The number of piperidine rings is 1. The number of benzene rings is 3. The van der Waals surface area contributed by atoms with Gasteiger partial charge >= 0.3 is 0 Å². The molecule has 180 valence electrons. The quantitative estimate of drug-likeness (QED) is 0.584. The molecule has 2 aliphatic heterocycles. The van der Waals surface area contributed by atoms with Gasteiger partial charge in [0.05, 0.1) is 12.2 Å². The van der Waals surface area contributed by atoms with Crippen molar-refractivity contribution < 1.29 is 14.3 Å². The summed E-state index contributed by atoms with van der Waals surface area (Å²) in [5.74, 6) is 0.577. The monoisotopic (exact) mass is 469 g/mol. The smallest absolute Gasteiger partial charge is 0.265 e. The summed E-state index contributed by atoms with van der Waals surface area (Å²) < 4.78 is 5.61. The molecule has 0 aliphatic carbocycles. The first-order valence-electron chi connectivity index (χ1n) is 12.2. The third-order valence-electron chi connectivity index (χ3n) is 6.76. The van der Waals surface area contributed by atoms with Crippen LogP contribution in [0.1, 0.15) is 39.9 Å². The van der Waals surface area contributed by atoms with Crippen LogP contribution in [0.25, 0.3) is 0 Å². The van der Waals surface area contributed by atoms with Gasteiger partial charge in [-0.2, -0.15) is 0 Å². The Morgan fingerprint density at radius 3 is 2.51 bits per heavy atom. The minimum atomic E-state index is -0.0847. The normalized spacial score (nSPS) is 16.5. The molecule has 0 bridgehead atoms. The van der Waals surface area contributed by atoms with Crippen molar-refractivity contribution >= 4 is 17.5 Å². The summed E-state index contributed by atoms with van der Waals surface area (Å²) in [6.45, 7) is 5.32. The van der Waals surface area contributed by atoms with Crippen molar-refractivity contribution in [1.82, 2.24) is 10.2 Å². The number of amides is 2. The van der Waals surface area contributed by atoms with E-state index < -0.39 is 0 Å². The molecule has 2 heterocycles.